The first-order valence-electron chi connectivity index (χ1n) is 11.9. The Morgan fingerprint density at radius 2 is 1.43 bits per heavy atom. The van der Waals surface area contributed by atoms with Gasteiger partial charge in [0, 0.05) is 5.56 Å². The molecule has 3 aromatic carbocycles. The van der Waals surface area contributed by atoms with Gasteiger partial charge in [0.05, 0.1) is 24.5 Å². The second-order valence-corrected chi connectivity index (χ2v) is 9.03. The number of ether oxygens (including phenoxy) is 2. The molecule has 0 saturated carbocycles. The molecule has 1 aliphatic rings. The Balaban J connectivity index is 1.48. The van der Waals surface area contributed by atoms with Crippen molar-refractivity contribution in [2.45, 2.75) is 31.2 Å². The summed E-state index contributed by atoms with van der Waals surface area (Å²) in [4.78, 5) is 0. The van der Waals surface area contributed by atoms with Crippen molar-refractivity contribution in [2.24, 2.45) is 5.92 Å². The van der Waals surface area contributed by atoms with Gasteiger partial charge in [0.1, 0.15) is 17.9 Å². The van der Waals surface area contributed by atoms with Crippen molar-refractivity contribution in [1.29, 1.82) is 5.26 Å². The lowest BCUT2D eigenvalue weighted by Crippen LogP contribution is -2.35. The lowest BCUT2D eigenvalue weighted by molar-refractivity contribution is -0.0635. The van der Waals surface area contributed by atoms with Gasteiger partial charge in [0.25, 0.3) is 0 Å². The third kappa shape index (κ3) is 4.23. The Labute approximate surface area is 205 Å². The SMILES string of the molecule is CC1C[C@@H](COC(c2ccccc2)(c2ccccc2)c2ccccc2)O[C@H]1c1coc(C#N)c1N. The van der Waals surface area contributed by atoms with E-state index in [1.165, 1.54) is 0 Å². The summed E-state index contributed by atoms with van der Waals surface area (Å²) < 4.78 is 18.7. The van der Waals surface area contributed by atoms with E-state index in [4.69, 9.17) is 19.6 Å². The number of rotatable bonds is 7. The van der Waals surface area contributed by atoms with E-state index in [9.17, 15) is 5.26 Å². The number of hydrogen-bond acceptors (Lipinski definition) is 5. The molecule has 1 unspecified atom stereocenters. The molecule has 5 heteroatoms. The number of benzene rings is 3. The third-order valence-corrected chi connectivity index (χ3v) is 6.78. The highest BCUT2D eigenvalue weighted by atomic mass is 16.6. The molecule has 1 aliphatic heterocycles. The van der Waals surface area contributed by atoms with Gasteiger partial charge < -0.3 is 19.6 Å². The van der Waals surface area contributed by atoms with E-state index in [1.54, 1.807) is 6.26 Å². The highest BCUT2D eigenvalue weighted by molar-refractivity contribution is 5.55. The Hall–Kier alpha value is -3.85. The molecular formula is C30H28N2O3. The normalized spacial score (nSPS) is 19.9. The topological polar surface area (TPSA) is 81.4 Å². The molecule has 3 atom stereocenters. The van der Waals surface area contributed by atoms with Gasteiger partial charge in [0.15, 0.2) is 0 Å². The van der Waals surface area contributed by atoms with Crippen LogP contribution in [-0.4, -0.2) is 12.7 Å². The van der Waals surface area contributed by atoms with Crippen LogP contribution in [0.3, 0.4) is 0 Å². The van der Waals surface area contributed by atoms with Gasteiger partial charge in [-0.3, -0.25) is 0 Å². The monoisotopic (exact) mass is 464 g/mol. The van der Waals surface area contributed by atoms with Crippen LogP contribution in [0.5, 0.6) is 0 Å². The van der Waals surface area contributed by atoms with Crippen molar-refractivity contribution in [1.82, 2.24) is 0 Å². The average molecular weight is 465 g/mol. The first kappa shape index (κ1) is 22.9. The van der Waals surface area contributed by atoms with Crippen molar-refractivity contribution < 1.29 is 13.9 Å². The van der Waals surface area contributed by atoms with E-state index >= 15 is 0 Å². The Bertz CT molecular complexity index is 1200. The largest absolute Gasteiger partial charge is 0.451 e. The molecular weight excluding hydrogens is 436 g/mol. The molecule has 0 spiro atoms. The summed E-state index contributed by atoms with van der Waals surface area (Å²) in [5.41, 5.74) is 9.60. The van der Waals surface area contributed by atoms with Crippen LogP contribution in [0.15, 0.2) is 102 Å². The number of nitrogens with two attached hydrogens (primary N) is 1. The molecule has 1 aromatic heterocycles. The summed E-state index contributed by atoms with van der Waals surface area (Å²) in [7, 11) is 0. The molecule has 5 nitrogen and oxygen atoms in total. The van der Waals surface area contributed by atoms with Gasteiger partial charge in [-0.15, -0.1) is 0 Å². The summed E-state index contributed by atoms with van der Waals surface area (Å²) in [5.74, 6) is 0.335. The van der Waals surface area contributed by atoms with Gasteiger partial charge >= 0.3 is 0 Å². The quantitative estimate of drug-likeness (QED) is 0.329. The molecule has 1 fully saturated rings. The molecule has 0 aliphatic carbocycles. The van der Waals surface area contributed by atoms with E-state index < -0.39 is 5.60 Å². The standard InChI is InChI=1S/C30H28N2O3/c1-21-17-25(35-29(21)26-20-33-27(18-31)28(26)32)19-34-30(22-11-5-2-6-12-22,23-13-7-3-8-14-23)24-15-9-4-10-16-24/h2-16,20-21,25,29H,17,19,32H2,1H3/t21?,25-,29+/m0/s1. The minimum atomic E-state index is -0.795. The predicted octanol–water partition coefficient (Wildman–Crippen LogP) is 6.21. The second-order valence-electron chi connectivity index (χ2n) is 9.03. The average Bonchev–Trinajstić information content (AvgIpc) is 3.47. The number of nitriles is 1. The maximum absolute atomic E-state index is 9.21. The summed E-state index contributed by atoms with van der Waals surface area (Å²) in [6.45, 7) is 2.52. The van der Waals surface area contributed by atoms with Gasteiger partial charge in [-0.2, -0.15) is 5.26 Å². The summed E-state index contributed by atoms with van der Waals surface area (Å²) in [6, 6.07) is 32.9. The van der Waals surface area contributed by atoms with Crippen LogP contribution in [0.4, 0.5) is 5.69 Å². The number of anilines is 1. The van der Waals surface area contributed by atoms with Crippen molar-refractivity contribution in [3.05, 3.63) is 125 Å². The molecule has 176 valence electrons. The minimum Gasteiger partial charge on any atom is -0.451 e. The smallest absolute Gasteiger partial charge is 0.226 e. The van der Waals surface area contributed by atoms with E-state index in [1.807, 2.05) is 60.7 Å². The molecule has 0 radical (unpaired) electrons. The maximum Gasteiger partial charge on any atom is 0.226 e. The minimum absolute atomic E-state index is 0.131. The predicted molar refractivity (Wildman–Crippen MR) is 134 cm³/mol. The fourth-order valence-corrected chi connectivity index (χ4v) is 5.10. The molecule has 0 bridgehead atoms. The number of furan rings is 1. The summed E-state index contributed by atoms with van der Waals surface area (Å²) in [5, 5.41) is 9.21. The maximum atomic E-state index is 9.21. The van der Waals surface area contributed by atoms with Gasteiger partial charge in [-0.05, 0) is 29.0 Å². The first-order chi connectivity index (χ1) is 17.1. The zero-order chi connectivity index (χ0) is 24.3. The fourth-order valence-electron chi connectivity index (χ4n) is 5.10. The Morgan fingerprint density at radius 3 is 1.89 bits per heavy atom. The molecule has 4 aromatic rings. The summed E-state index contributed by atoms with van der Waals surface area (Å²) in [6.07, 6.45) is 1.98. The van der Waals surface area contributed by atoms with Crippen molar-refractivity contribution in [2.75, 3.05) is 12.3 Å². The van der Waals surface area contributed by atoms with E-state index in [2.05, 4.69) is 43.3 Å². The van der Waals surface area contributed by atoms with E-state index in [0.717, 1.165) is 28.7 Å². The lowest BCUT2D eigenvalue weighted by Gasteiger charge is -2.36. The van der Waals surface area contributed by atoms with Crippen molar-refractivity contribution >= 4 is 5.69 Å². The number of hydrogen-bond donors (Lipinski definition) is 1. The number of nitrogens with zero attached hydrogens (tertiary/aromatic N) is 1. The second kappa shape index (κ2) is 9.79. The number of nitrogen functional groups attached to an aromatic ring is 1. The van der Waals surface area contributed by atoms with Crippen LogP contribution >= 0.6 is 0 Å². The molecule has 1 saturated heterocycles. The lowest BCUT2D eigenvalue weighted by atomic mass is 9.80. The Morgan fingerprint density at radius 1 is 0.914 bits per heavy atom. The van der Waals surface area contributed by atoms with Crippen LogP contribution in [0.2, 0.25) is 0 Å². The van der Waals surface area contributed by atoms with Gasteiger partial charge in [0.2, 0.25) is 5.76 Å². The highest BCUT2D eigenvalue weighted by Crippen LogP contribution is 2.44. The third-order valence-electron chi connectivity index (χ3n) is 6.78. The molecule has 2 N–H and O–H groups in total. The van der Waals surface area contributed by atoms with E-state index in [-0.39, 0.29) is 23.9 Å². The molecule has 5 rings (SSSR count). The van der Waals surface area contributed by atoms with Crippen molar-refractivity contribution in [3.8, 4) is 6.07 Å². The molecule has 35 heavy (non-hydrogen) atoms. The van der Waals surface area contributed by atoms with Crippen LogP contribution in [0.25, 0.3) is 0 Å². The van der Waals surface area contributed by atoms with Crippen LogP contribution in [0.1, 0.15) is 47.5 Å². The van der Waals surface area contributed by atoms with E-state index in [0.29, 0.717) is 12.3 Å². The van der Waals surface area contributed by atoms with Crippen molar-refractivity contribution in [3.63, 3.8) is 0 Å². The van der Waals surface area contributed by atoms with Gasteiger partial charge in [-0.1, -0.05) is 97.9 Å². The Kier molecular flexibility index (Phi) is 6.41. The fraction of sp³-hybridized carbons (Fsp3) is 0.233. The first-order valence-corrected chi connectivity index (χ1v) is 11.9. The van der Waals surface area contributed by atoms with Crippen LogP contribution < -0.4 is 5.73 Å². The zero-order valence-corrected chi connectivity index (χ0v) is 19.6. The van der Waals surface area contributed by atoms with Crippen LogP contribution in [0, 0.1) is 17.2 Å². The molecule has 0 amide bonds. The zero-order valence-electron chi connectivity index (χ0n) is 19.6. The molecule has 2 heterocycles. The van der Waals surface area contributed by atoms with Gasteiger partial charge in [-0.25, -0.2) is 0 Å². The highest BCUT2D eigenvalue weighted by Gasteiger charge is 2.41. The van der Waals surface area contributed by atoms with Crippen LogP contribution in [-0.2, 0) is 15.1 Å². The summed E-state index contributed by atoms with van der Waals surface area (Å²) >= 11 is 0.